The summed E-state index contributed by atoms with van der Waals surface area (Å²) in [6.45, 7) is 3.63. The summed E-state index contributed by atoms with van der Waals surface area (Å²) in [6, 6.07) is 13.3. The summed E-state index contributed by atoms with van der Waals surface area (Å²) in [5.74, 6) is -0.467. The number of hydrogen-bond acceptors (Lipinski definition) is 3. The van der Waals surface area contributed by atoms with E-state index in [0.717, 1.165) is 17.5 Å². The van der Waals surface area contributed by atoms with E-state index in [2.05, 4.69) is 10.3 Å². The van der Waals surface area contributed by atoms with E-state index in [-0.39, 0.29) is 23.5 Å². The van der Waals surface area contributed by atoms with Gasteiger partial charge in [0.15, 0.2) is 0 Å². The summed E-state index contributed by atoms with van der Waals surface area (Å²) < 4.78 is 15.1. The monoisotopic (exact) mass is 394 g/mol. The predicted molar refractivity (Wildman–Crippen MR) is 109 cm³/mol. The van der Waals surface area contributed by atoms with Gasteiger partial charge < -0.3 is 9.47 Å². The molecule has 1 atom stereocenters. The predicted octanol–water partition coefficient (Wildman–Crippen LogP) is 3.69. The van der Waals surface area contributed by atoms with Crippen molar-refractivity contribution in [2.45, 2.75) is 26.3 Å². The number of likely N-dealkylation sites (tertiary alicyclic amines) is 1. The van der Waals surface area contributed by atoms with Crippen molar-refractivity contribution in [3.63, 3.8) is 0 Å². The minimum atomic E-state index is -0.378. The number of para-hydroxylation sites is 2. The smallest absolute Gasteiger partial charge is 0.253 e. The zero-order valence-corrected chi connectivity index (χ0v) is 16.3. The summed E-state index contributed by atoms with van der Waals surface area (Å²) >= 11 is 0. The molecule has 0 radical (unpaired) electrons. The van der Waals surface area contributed by atoms with Crippen molar-refractivity contribution < 1.29 is 14.0 Å². The highest BCUT2D eigenvalue weighted by Crippen LogP contribution is 2.23. The molecule has 2 aromatic carbocycles. The highest BCUT2D eigenvalue weighted by atomic mass is 19.1. The SMILES string of the molecule is CCn1c(NC(=O)C2CCCN(C(=O)c3ccc(F)cc3)C2)nc2ccccc21. The summed E-state index contributed by atoms with van der Waals surface area (Å²) in [5, 5.41) is 2.95. The molecular formula is C22H23FN4O2. The largest absolute Gasteiger partial charge is 0.338 e. The number of rotatable bonds is 4. The van der Waals surface area contributed by atoms with Crippen molar-refractivity contribution in [2.75, 3.05) is 18.4 Å². The normalized spacial score (nSPS) is 16.8. The van der Waals surface area contributed by atoms with Crippen molar-refractivity contribution in [3.05, 3.63) is 59.9 Å². The molecule has 1 aliphatic heterocycles. The number of nitrogens with zero attached hydrogens (tertiary/aromatic N) is 3. The number of imidazole rings is 1. The van der Waals surface area contributed by atoms with Crippen LogP contribution in [0.2, 0.25) is 0 Å². The maximum atomic E-state index is 13.1. The average molecular weight is 394 g/mol. The Morgan fingerprint density at radius 1 is 1.17 bits per heavy atom. The Hall–Kier alpha value is -3.22. The fraction of sp³-hybridized carbons (Fsp3) is 0.318. The van der Waals surface area contributed by atoms with Crippen LogP contribution >= 0.6 is 0 Å². The first kappa shape index (κ1) is 19.1. The van der Waals surface area contributed by atoms with E-state index in [1.165, 1.54) is 24.3 Å². The second-order valence-electron chi connectivity index (χ2n) is 7.25. The van der Waals surface area contributed by atoms with Gasteiger partial charge in [0.25, 0.3) is 5.91 Å². The van der Waals surface area contributed by atoms with Crippen LogP contribution in [0.4, 0.5) is 10.3 Å². The van der Waals surface area contributed by atoms with Crippen LogP contribution in [0.15, 0.2) is 48.5 Å². The third-order valence-electron chi connectivity index (χ3n) is 5.38. The molecule has 1 aromatic heterocycles. The number of fused-ring (bicyclic) bond motifs is 1. The maximum Gasteiger partial charge on any atom is 0.253 e. The Kier molecular flexibility index (Phi) is 5.29. The molecule has 1 saturated heterocycles. The second-order valence-corrected chi connectivity index (χ2v) is 7.25. The molecule has 0 aliphatic carbocycles. The molecule has 1 fully saturated rings. The van der Waals surface area contributed by atoms with E-state index in [0.29, 0.717) is 37.6 Å². The Labute approximate surface area is 168 Å². The van der Waals surface area contributed by atoms with Gasteiger partial charge >= 0.3 is 0 Å². The molecule has 0 saturated carbocycles. The van der Waals surface area contributed by atoms with Crippen LogP contribution in [-0.2, 0) is 11.3 Å². The van der Waals surface area contributed by atoms with Gasteiger partial charge in [0.2, 0.25) is 11.9 Å². The van der Waals surface area contributed by atoms with E-state index >= 15 is 0 Å². The van der Waals surface area contributed by atoms with Crippen LogP contribution < -0.4 is 5.32 Å². The quantitative estimate of drug-likeness (QED) is 0.734. The zero-order chi connectivity index (χ0) is 20.4. The van der Waals surface area contributed by atoms with Gasteiger partial charge in [-0.15, -0.1) is 0 Å². The van der Waals surface area contributed by atoms with Crippen LogP contribution in [-0.4, -0.2) is 39.4 Å². The van der Waals surface area contributed by atoms with Crippen LogP contribution in [0.25, 0.3) is 11.0 Å². The maximum absolute atomic E-state index is 13.1. The van der Waals surface area contributed by atoms with E-state index in [4.69, 9.17) is 0 Å². The van der Waals surface area contributed by atoms with Gasteiger partial charge in [0, 0.05) is 25.2 Å². The first-order valence-corrected chi connectivity index (χ1v) is 9.87. The lowest BCUT2D eigenvalue weighted by Crippen LogP contribution is -2.44. The number of aryl methyl sites for hydroxylation is 1. The van der Waals surface area contributed by atoms with E-state index in [9.17, 15) is 14.0 Å². The van der Waals surface area contributed by atoms with Gasteiger partial charge in [0.1, 0.15) is 5.82 Å². The summed E-state index contributed by atoms with van der Waals surface area (Å²) in [6.07, 6.45) is 1.46. The lowest BCUT2D eigenvalue weighted by molar-refractivity contribution is -0.121. The summed E-state index contributed by atoms with van der Waals surface area (Å²) in [4.78, 5) is 31.8. The van der Waals surface area contributed by atoms with Gasteiger partial charge in [-0.2, -0.15) is 0 Å². The van der Waals surface area contributed by atoms with Crippen molar-refractivity contribution in [1.82, 2.24) is 14.5 Å². The molecule has 150 valence electrons. The molecule has 1 N–H and O–H groups in total. The number of nitrogens with one attached hydrogen (secondary N) is 1. The molecule has 7 heteroatoms. The second kappa shape index (κ2) is 8.03. The Balaban J connectivity index is 1.48. The Morgan fingerprint density at radius 3 is 2.69 bits per heavy atom. The molecule has 0 bridgehead atoms. The standard InChI is InChI=1S/C22H23FN4O2/c1-2-27-19-8-4-3-7-18(19)24-22(27)25-20(28)16-6-5-13-26(14-16)21(29)15-9-11-17(23)12-10-15/h3-4,7-12,16H,2,5-6,13-14H2,1H3,(H,24,25,28). The lowest BCUT2D eigenvalue weighted by atomic mass is 9.96. The molecule has 3 aromatic rings. The number of aromatic nitrogens is 2. The van der Waals surface area contributed by atoms with Crippen molar-refractivity contribution in [3.8, 4) is 0 Å². The Morgan fingerprint density at radius 2 is 1.93 bits per heavy atom. The van der Waals surface area contributed by atoms with Crippen LogP contribution in [0, 0.1) is 11.7 Å². The Bertz CT molecular complexity index is 1040. The van der Waals surface area contributed by atoms with Crippen molar-refractivity contribution in [1.29, 1.82) is 0 Å². The molecule has 4 rings (SSSR count). The van der Waals surface area contributed by atoms with Gasteiger partial charge in [-0.1, -0.05) is 12.1 Å². The number of anilines is 1. The van der Waals surface area contributed by atoms with Crippen LogP contribution in [0.1, 0.15) is 30.1 Å². The van der Waals surface area contributed by atoms with Crippen molar-refractivity contribution >= 4 is 28.8 Å². The molecule has 1 aliphatic rings. The molecule has 2 amide bonds. The van der Waals surface area contributed by atoms with Crippen LogP contribution in [0.5, 0.6) is 0 Å². The number of amides is 2. The lowest BCUT2D eigenvalue weighted by Gasteiger charge is -2.32. The third kappa shape index (κ3) is 3.85. The van der Waals surface area contributed by atoms with E-state index in [1.807, 2.05) is 35.8 Å². The minimum absolute atomic E-state index is 0.133. The fourth-order valence-corrected chi connectivity index (χ4v) is 3.85. The number of piperidine rings is 1. The van der Waals surface area contributed by atoms with E-state index < -0.39 is 0 Å². The van der Waals surface area contributed by atoms with Crippen LogP contribution in [0.3, 0.4) is 0 Å². The van der Waals surface area contributed by atoms with Gasteiger partial charge in [-0.25, -0.2) is 9.37 Å². The molecule has 0 spiro atoms. The van der Waals surface area contributed by atoms with E-state index in [1.54, 1.807) is 4.90 Å². The molecule has 6 nitrogen and oxygen atoms in total. The van der Waals surface area contributed by atoms with Crippen molar-refractivity contribution in [2.24, 2.45) is 5.92 Å². The first-order chi connectivity index (χ1) is 14.1. The summed E-state index contributed by atoms with van der Waals surface area (Å²) in [5.41, 5.74) is 2.24. The van der Waals surface area contributed by atoms with Gasteiger partial charge in [-0.05, 0) is 56.2 Å². The molecular weight excluding hydrogens is 371 g/mol. The molecule has 1 unspecified atom stereocenters. The fourth-order valence-electron chi connectivity index (χ4n) is 3.85. The topological polar surface area (TPSA) is 67.2 Å². The minimum Gasteiger partial charge on any atom is -0.338 e. The number of hydrogen-bond donors (Lipinski definition) is 1. The first-order valence-electron chi connectivity index (χ1n) is 9.87. The third-order valence-corrected chi connectivity index (χ3v) is 5.38. The highest BCUT2D eigenvalue weighted by molar-refractivity contribution is 5.96. The number of carbonyl (C=O) groups is 2. The summed E-state index contributed by atoms with van der Waals surface area (Å²) in [7, 11) is 0. The van der Waals surface area contributed by atoms with Gasteiger partial charge in [0.05, 0.1) is 17.0 Å². The number of halogens is 1. The highest BCUT2D eigenvalue weighted by Gasteiger charge is 2.29. The molecule has 2 heterocycles. The van der Waals surface area contributed by atoms with Gasteiger partial charge in [-0.3, -0.25) is 14.9 Å². The number of carbonyl (C=O) groups excluding carboxylic acids is 2. The number of benzene rings is 2. The zero-order valence-electron chi connectivity index (χ0n) is 16.3. The molecule has 29 heavy (non-hydrogen) atoms. The average Bonchev–Trinajstić information content (AvgIpc) is 3.10.